The zero-order valence-corrected chi connectivity index (χ0v) is 7.90. The van der Waals surface area contributed by atoms with Crippen molar-refractivity contribution in [1.82, 2.24) is 5.43 Å². The predicted octanol–water partition coefficient (Wildman–Crippen LogP) is 2.27. The first-order valence-electron chi connectivity index (χ1n) is 4.77. The van der Waals surface area contributed by atoms with Gasteiger partial charge in [-0.25, -0.2) is 5.43 Å². The molecule has 2 nitrogen and oxygen atoms in total. The van der Waals surface area contributed by atoms with Gasteiger partial charge >= 0.3 is 6.18 Å². The molecule has 0 heterocycles. The topological polar surface area (TPSA) is 38.0 Å². The number of allylic oxidation sites excluding steroid dienone is 1. The van der Waals surface area contributed by atoms with Crippen LogP contribution < -0.4 is 11.3 Å². The van der Waals surface area contributed by atoms with E-state index in [0.29, 0.717) is 12.0 Å². The molecule has 1 unspecified atom stereocenters. The molecule has 1 aliphatic rings. The maximum Gasteiger partial charge on any atom is 0.408 e. The van der Waals surface area contributed by atoms with E-state index in [9.17, 15) is 13.2 Å². The summed E-state index contributed by atoms with van der Waals surface area (Å²) >= 11 is 0. The smallest absolute Gasteiger partial charge is 0.271 e. The van der Waals surface area contributed by atoms with Gasteiger partial charge in [0.2, 0.25) is 0 Å². The predicted molar refractivity (Wildman–Crippen MR) is 48.3 cm³/mol. The third-order valence-electron chi connectivity index (χ3n) is 2.44. The number of nitrogens with two attached hydrogens (primary N) is 1. The molecule has 1 rings (SSSR count). The maximum atomic E-state index is 12.5. The van der Waals surface area contributed by atoms with Crippen molar-refractivity contribution in [3.8, 4) is 0 Å². The molecule has 0 aliphatic heterocycles. The summed E-state index contributed by atoms with van der Waals surface area (Å²) in [4.78, 5) is 0. The Labute approximate surface area is 81.3 Å². The van der Waals surface area contributed by atoms with Gasteiger partial charge in [0.25, 0.3) is 0 Å². The molecular weight excluding hydrogens is 193 g/mol. The minimum absolute atomic E-state index is 0.387. The third kappa shape index (κ3) is 2.99. The van der Waals surface area contributed by atoms with Crippen molar-refractivity contribution in [2.24, 2.45) is 5.84 Å². The largest absolute Gasteiger partial charge is 0.408 e. The van der Waals surface area contributed by atoms with E-state index < -0.39 is 12.2 Å². The van der Waals surface area contributed by atoms with E-state index in [-0.39, 0.29) is 0 Å². The molecule has 0 saturated carbocycles. The lowest BCUT2D eigenvalue weighted by Crippen LogP contribution is -2.47. The molecule has 1 aliphatic carbocycles. The Kier molecular flexibility index (Phi) is 3.95. The molecule has 0 spiro atoms. The first kappa shape index (κ1) is 11.5. The van der Waals surface area contributed by atoms with Crippen molar-refractivity contribution < 1.29 is 13.2 Å². The molecule has 0 aromatic heterocycles. The second-order valence-electron chi connectivity index (χ2n) is 3.52. The second kappa shape index (κ2) is 4.79. The summed E-state index contributed by atoms with van der Waals surface area (Å²) in [5.74, 6) is 4.93. The number of halogens is 3. The van der Waals surface area contributed by atoms with Gasteiger partial charge in [-0.05, 0) is 31.3 Å². The molecule has 14 heavy (non-hydrogen) atoms. The number of hydrogen-bond donors (Lipinski definition) is 2. The zero-order valence-electron chi connectivity index (χ0n) is 7.90. The first-order chi connectivity index (χ1) is 6.55. The van der Waals surface area contributed by atoms with E-state index in [2.05, 4.69) is 0 Å². The highest BCUT2D eigenvalue weighted by Gasteiger charge is 2.41. The SMILES string of the molecule is NNC(C1=CCCCCC1)C(F)(F)F. The highest BCUT2D eigenvalue weighted by atomic mass is 19.4. The van der Waals surface area contributed by atoms with Crippen molar-refractivity contribution >= 4 is 0 Å². The van der Waals surface area contributed by atoms with Crippen LogP contribution in [-0.4, -0.2) is 12.2 Å². The minimum Gasteiger partial charge on any atom is -0.271 e. The van der Waals surface area contributed by atoms with E-state index in [4.69, 9.17) is 5.84 Å². The Morgan fingerprint density at radius 1 is 1.29 bits per heavy atom. The standard InChI is InChI=1S/C9H15F3N2/c10-9(11,12)8(14-13)7-5-3-1-2-4-6-7/h5,8,14H,1-4,6,13H2. The average Bonchev–Trinajstić information content (AvgIpc) is 2.31. The van der Waals surface area contributed by atoms with Crippen LogP contribution in [0.3, 0.4) is 0 Å². The number of nitrogens with one attached hydrogen (secondary N) is 1. The van der Waals surface area contributed by atoms with Gasteiger partial charge in [0.15, 0.2) is 0 Å². The van der Waals surface area contributed by atoms with Gasteiger partial charge in [0.1, 0.15) is 6.04 Å². The van der Waals surface area contributed by atoms with Crippen LogP contribution >= 0.6 is 0 Å². The van der Waals surface area contributed by atoms with E-state index >= 15 is 0 Å². The maximum absolute atomic E-state index is 12.5. The fourth-order valence-electron chi connectivity index (χ4n) is 1.71. The second-order valence-corrected chi connectivity index (χ2v) is 3.52. The monoisotopic (exact) mass is 208 g/mol. The highest BCUT2D eigenvalue weighted by molar-refractivity contribution is 5.14. The summed E-state index contributed by atoms with van der Waals surface area (Å²) in [6.07, 6.45) is 1.39. The summed E-state index contributed by atoms with van der Waals surface area (Å²) in [5, 5.41) is 0. The molecule has 0 bridgehead atoms. The van der Waals surface area contributed by atoms with E-state index in [1.54, 1.807) is 6.08 Å². The van der Waals surface area contributed by atoms with Crippen molar-refractivity contribution in [2.45, 2.75) is 44.3 Å². The summed E-state index contributed by atoms with van der Waals surface area (Å²) in [7, 11) is 0. The summed E-state index contributed by atoms with van der Waals surface area (Å²) < 4.78 is 37.4. The Morgan fingerprint density at radius 3 is 2.57 bits per heavy atom. The minimum atomic E-state index is -4.29. The van der Waals surface area contributed by atoms with Gasteiger partial charge in [0, 0.05) is 0 Å². The van der Waals surface area contributed by atoms with Crippen LogP contribution in [0.15, 0.2) is 11.6 Å². The molecule has 3 N–H and O–H groups in total. The fraction of sp³-hybridized carbons (Fsp3) is 0.778. The van der Waals surface area contributed by atoms with Crippen molar-refractivity contribution in [2.75, 3.05) is 0 Å². The number of hydrazine groups is 1. The molecule has 0 aromatic carbocycles. The summed E-state index contributed by atoms with van der Waals surface area (Å²) in [6, 6.07) is -1.67. The van der Waals surface area contributed by atoms with Crippen LogP contribution in [0, 0.1) is 0 Å². The molecular formula is C9H15F3N2. The fourth-order valence-corrected chi connectivity index (χ4v) is 1.71. The van der Waals surface area contributed by atoms with Gasteiger partial charge in [-0.2, -0.15) is 13.2 Å². The molecule has 82 valence electrons. The molecule has 0 radical (unpaired) electrons. The van der Waals surface area contributed by atoms with E-state index in [1.807, 2.05) is 5.43 Å². The molecule has 0 saturated heterocycles. The lowest BCUT2D eigenvalue weighted by molar-refractivity contribution is -0.147. The van der Waals surface area contributed by atoms with E-state index in [0.717, 1.165) is 25.7 Å². The molecule has 0 amide bonds. The quantitative estimate of drug-likeness (QED) is 0.415. The van der Waals surface area contributed by atoms with Crippen molar-refractivity contribution in [1.29, 1.82) is 0 Å². The number of alkyl halides is 3. The van der Waals surface area contributed by atoms with Crippen LogP contribution in [0.1, 0.15) is 32.1 Å². The van der Waals surface area contributed by atoms with Crippen LogP contribution in [-0.2, 0) is 0 Å². The molecule has 5 heteroatoms. The first-order valence-corrected chi connectivity index (χ1v) is 4.77. The van der Waals surface area contributed by atoms with Gasteiger partial charge in [-0.15, -0.1) is 0 Å². The number of rotatable bonds is 2. The van der Waals surface area contributed by atoms with Crippen LogP contribution in [0.4, 0.5) is 13.2 Å². The molecule has 0 aromatic rings. The summed E-state index contributed by atoms with van der Waals surface area (Å²) in [5.41, 5.74) is 2.23. The Hall–Kier alpha value is -0.550. The Bertz CT molecular complexity index is 211. The van der Waals surface area contributed by atoms with Crippen LogP contribution in [0.2, 0.25) is 0 Å². The third-order valence-corrected chi connectivity index (χ3v) is 2.44. The van der Waals surface area contributed by atoms with Gasteiger partial charge in [0.05, 0.1) is 0 Å². The van der Waals surface area contributed by atoms with Gasteiger partial charge < -0.3 is 0 Å². The van der Waals surface area contributed by atoms with Crippen LogP contribution in [0.25, 0.3) is 0 Å². The lowest BCUT2D eigenvalue weighted by atomic mass is 10.0. The van der Waals surface area contributed by atoms with Crippen LogP contribution in [0.5, 0.6) is 0 Å². The Balaban J connectivity index is 2.72. The summed E-state index contributed by atoms with van der Waals surface area (Å²) in [6.45, 7) is 0. The number of hydrogen-bond acceptors (Lipinski definition) is 2. The van der Waals surface area contributed by atoms with Gasteiger partial charge in [-0.1, -0.05) is 12.5 Å². The van der Waals surface area contributed by atoms with Crippen molar-refractivity contribution in [3.63, 3.8) is 0 Å². The average molecular weight is 208 g/mol. The van der Waals surface area contributed by atoms with E-state index in [1.165, 1.54) is 0 Å². The zero-order chi connectivity index (χ0) is 10.6. The molecule has 0 fully saturated rings. The molecule has 1 atom stereocenters. The highest BCUT2D eigenvalue weighted by Crippen LogP contribution is 2.29. The lowest BCUT2D eigenvalue weighted by Gasteiger charge is -2.21. The Morgan fingerprint density at radius 2 is 2.00 bits per heavy atom. The van der Waals surface area contributed by atoms with Crippen molar-refractivity contribution in [3.05, 3.63) is 11.6 Å². The normalized spacial score (nSPS) is 21.3. The van der Waals surface area contributed by atoms with Gasteiger partial charge in [-0.3, -0.25) is 5.84 Å².